The zero-order chi connectivity index (χ0) is 12.8. The van der Waals surface area contributed by atoms with E-state index in [1.807, 2.05) is 42.5 Å². The van der Waals surface area contributed by atoms with Crippen LogP contribution in [-0.2, 0) is 6.54 Å². The molecule has 0 fully saturated rings. The third kappa shape index (κ3) is 3.07. The number of pyridine rings is 1. The molecule has 0 aliphatic carbocycles. The van der Waals surface area contributed by atoms with Gasteiger partial charge in [-0.05, 0) is 17.7 Å². The van der Waals surface area contributed by atoms with E-state index in [0.717, 1.165) is 5.56 Å². The second kappa shape index (κ2) is 5.82. The minimum Gasteiger partial charge on any atom is -0.334 e. The summed E-state index contributed by atoms with van der Waals surface area (Å²) in [5.74, 6) is 0.628. The number of carbonyl (C=O) groups is 1. The van der Waals surface area contributed by atoms with Crippen LogP contribution in [0.25, 0.3) is 0 Å². The van der Waals surface area contributed by atoms with Crippen molar-refractivity contribution in [1.82, 2.24) is 10.3 Å². The van der Waals surface area contributed by atoms with E-state index in [2.05, 4.69) is 10.3 Å². The lowest BCUT2D eigenvalue weighted by atomic mass is 10.2. The van der Waals surface area contributed by atoms with Crippen molar-refractivity contribution >= 4 is 11.8 Å². The van der Waals surface area contributed by atoms with Crippen LogP contribution in [0.5, 0.6) is 0 Å². The summed E-state index contributed by atoms with van der Waals surface area (Å²) in [6.07, 6.45) is 1.66. The van der Waals surface area contributed by atoms with Gasteiger partial charge in [0.05, 0.1) is 0 Å². The second-order valence-corrected chi connectivity index (χ2v) is 3.89. The van der Waals surface area contributed by atoms with Crippen molar-refractivity contribution in [3.05, 3.63) is 60.3 Å². The van der Waals surface area contributed by atoms with E-state index >= 15 is 0 Å². The Hall–Kier alpha value is -2.36. The fourth-order valence-corrected chi connectivity index (χ4v) is 1.55. The van der Waals surface area contributed by atoms with E-state index in [4.69, 9.17) is 0 Å². The number of anilines is 1. The van der Waals surface area contributed by atoms with Crippen molar-refractivity contribution < 1.29 is 4.79 Å². The molecule has 4 heteroatoms. The highest BCUT2D eigenvalue weighted by Gasteiger charge is 2.10. The molecular weight excluding hydrogens is 226 g/mol. The molecular formula is C14H15N3O. The van der Waals surface area contributed by atoms with Gasteiger partial charge in [0.1, 0.15) is 5.82 Å². The quantitative estimate of drug-likeness (QED) is 0.897. The van der Waals surface area contributed by atoms with Crippen LogP contribution in [0.1, 0.15) is 5.56 Å². The van der Waals surface area contributed by atoms with Gasteiger partial charge in [-0.1, -0.05) is 36.4 Å². The van der Waals surface area contributed by atoms with E-state index < -0.39 is 0 Å². The zero-order valence-electron chi connectivity index (χ0n) is 10.2. The van der Waals surface area contributed by atoms with Crippen LogP contribution in [0.4, 0.5) is 10.6 Å². The topological polar surface area (TPSA) is 45.2 Å². The molecule has 0 unspecified atom stereocenters. The first-order chi connectivity index (χ1) is 8.77. The Morgan fingerprint density at radius 2 is 1.89 bits per heavy atom. The van der Waals surface area contributed by atoms with Crippen molar-refractivity contribution in [2.75, 3.05) is 11.9 Å². The highest BCUT2D eigenvalue weighted by molar-refractivity contribution is 5.90. The highest BCUT2D eigenvalue weighted by atomic mass is 16.2. The molecule has 2 rings (SSSR count). The predicted molar refractivity (Wildman–Crippen MR) is 71.3 cm³/mol. The number of carbonyl (C=O) groups excluding carboxylic acids is 1. The molecule has 0 saturated heterocycles. The van der Waals surface area contributed by atoms with Crippen LogP contribution >= 0.6 is 0 Å². The lowest BCUT2D eigenvalue weighted by Crippen LogP contribution is -2.37. The summed E-state index contributed by atoms with van der Waals surface area (Å²) < 4.78 is 0. The fourth-order valence-electron chi connectivity index (χ4n) is 1.55. The lowest BCUT2D eigenvalue weighted by molar-refractivity contribution is 0.247. The molecule has 1 aromatic heterocycles. The number of hydrogen-bond acceptors (Lipinski definition) is 2. The molecule has 1 aromatic carbocycles. The normalized spacial score (nSPS) is 9.83. The Balaban J connectivity index is 1.93. The van der Waals surface area contributed by atoms with E-state index in [0.29, 0.717) is 12.4 Å². The number of amides is 2. The fraction of sp³-hybridized carbons (Fsp3) is 0.143. The SMILES string of the molecule is CN(C(=O)NCc1ccccc1)c1ccccn1. The third-order valence-corrected chi connectivity index (χ3v) is 2.58. The van der Waals surface area contributed by atoms with E-state index in [1.165, 1.54) is 4.90 Å². The summed E-state index contributed by atoms with van der Waals surface area (Å²) in [4.78, 5) is 17.5. The maximum Gasteiger partial charge on any atom is 0.323 e. The maximum absolute atomic E-state index is 11.9. The number of benzene rings is 1. The van der Waals surface area contributed by atoms with Gasteiger partial charge in [0, 0.05) is 19.8 Å². The molecule has 1 N–H and O–H groups in total. The van der Waals surface area contributed by atoms with E-state index in [-0.39, 0.29) is 6.03 Å². The average Bonchev–Trinajstić information content (AvgIpc) is 2.46. The molecule has 0 spiro atoms. The number of hydrogen-bond donors (Lipinski definition) is 1. The monoisotopic (exact) mass is 241 g/mol. The Kier molecular flexibility index (Phi) is 3.91. The predicted octanol–water partition coefficient (Wildman–Crippen LogP) is 2.43. The first-order valence-electron chi connectivity index (χ1n) is 5.74. The molecule has 2 amide bonds. The van der Waals surface area contributed by atoms with Crippen molar-refractivity contribution in [3.63, 3.8) is 0 Å². The maximum atomic E-state index is 11.9. The van der Waals surface area contributed by atoms with Gasteiger partial charge in [0.15, 0.2) is 0 Å². The summed E-state index contributed by atoms with van der Waals surface area (Å²) in [6, 6.07) is 15.1. The van der Waals surface area contributed by atoms with Gasteiger partial charge >= 0.3 is 6.03 Å². The highest BCUT2D eigenvalue weighted by Crippen LogP contribution is 2.06. The minimum atomic E-state index is -0.169. The molecule has 2 aromatic rings. The number of urea groups is 1. The molecule has 0 bridgehead atoms. The number of rotatable bonds is 3. The van der Waals surface area contributed by atoms with Crippen LogP contribution in [0.2, 0.25) is 0 Å². The largest absolute Gasteiger partial charge is 0.334 e. The first-order valence-corrected chi connectivity index (χ1v) is 5.74. The van der Waals surface area contributed by atoms with Gasteiger partial charge in [0.25, 0.3) is 0 Å². The molecule has 0 radical (unpaired) electrons. The van der Waals surface area contributed by atoms with Gasteiger partial charge in [-0.15, -0.1) is 0 Å². The van der Waals surface area contributed by atoms with E-state index in [9.17, 15) is 4.79 Å². The van der Waals surface area contributed by atoms with Crippen molar-refractivity contribution in [3.8, 4) is 0 Å². The van der Waals surface area contributed by atoms with Gasteiger partial charge in [0.2, 0.25) is 0 Å². The Labute approximate surface area is 106 Å². The van der Waals surface area contributed by atoms with Crippen LogP contribution in [0, 0.1) is 0 Å². The Morgan fingerprint density at radius 3 is 2.56 bits per heavy atom. The molecule has 18 heavy (non-hydrogen) atoms. The minimum absolute atomic E-state index is 0.169. The number of nitrogens with one attached hydrogen (secondary N) is 1. The van der Waals surface area contributed by atoms with Crippen molar-refractivity contribution in [2.24, 2.45) is 0 Å². The summed E-state index contributed by atoms with van der Waals surface area (Å²) in [5, 5.41) is 2.84. The average molecular weight is 241 g/mol. The first kappa shape index (κ1) is 12.1. The molecule has 4 nitrogen and oxygen atoms in total. The van der Waals surface area contributed by atoms with Gasteiger partial charge in [-0.2, -0.15) is 0 Å². The third-order valence-electron chi connectivity index (χ3n) is 2.58. The molecule has 0 aliphatic rings. The molecule has 0 saturated carbocycles. The summed E-state index contributed by atoms with van der Waals surface area (Å²) in [6.45, 7) is 0.511. The van der Waals surface area contributed by atoms with E-state index in [1.54, 1.807) is 19.3 Å². The number of nitrogens with zero attached hydrogens (tertiary/aromatic N) is 2. The van der Waals surface area contributed by atoms with Crippen LogP contribution < -0.4 is 10.2 Å². The van der Waals surface area contributed by atoms with Gasteiger partial charge < -0.3 is 5.32 Å². The summed E-state index contributed by atoms with van der Waals surface area (Å²) in [5.41, 5.74) is 1.07. The van der Waals surface area contributed by atoms with Crippen LogP contribution in [0.3, 0.4) is 0 Å². The molecule has 0 aliphatic heterocycles. The van der Waals surface area contributed by atoms with Gasteiger partial charge in [-0.3, -0.25) is 4.90 Å². The standard InChI is InChI=1S/C14H15N3O/c1-17(13-9-5-6-10-15-13)14(18)16-11-12-7-3-2-4-8-12/h2-10H,11H2,1H3,(H,16,18). The van der Waals surface area contributed by atoms with Crippen LogP contribution in [0.15, 0.2) is 54.7 Å². The smallest absolute Gasteiger partial charge is 0.323 e. The van der Waals surface area contributed by atoms with Crippen molar-refractivity contribution in [1.29, 1.82) is 0 Å². The molecule has 0 atom stereocenters. The van der Waals surface area contributed by atoms with Crippen molar-refractivity contribution in [2.45, 2.75) is 6.54 Å². The Bertz CT molecular complexity index is 499. The van der Waals surface area contributed by atoms with Gasteiger partial charge in [-0.25, -0.2) is 9.78 Å². The summed E-state index contributed by atoms with van der Waals surface area (Å²) in [7, 11) is 1.70. The number of aromatic nitrogens is 1. The summed E-state index contributed by atoms with van der Waals surface area (Å²) >= 11 is 0. The molecule has 1 heterocycles. The van der Waals surface area contributed by atoms with Crippen LogP contribution in [-0.4, -0.2) is 18.1 Å². The Morgan fingerprint density at radius 1 is 1.17 bits per heavy atom. The second-order valence-electron chi connectivity index (χ2n) is 3.89. The zero-order valence-corrected chi connectivity index (χ0v) is 10.2. The lowest BCUT2D eigenvalue weighted by Gasteiger charge is -2.16. The molecule has 92 valence electrons.